The third-order valence-electron chi connectivity index (χ3n) is 4.12. The Balaban J connectivity index is 1.99. The van der Waals surface area contributed by atoms with Crippen molar-refractivity contribution in [1.82, 2.24) is 20.2 Å². The molecule has 4 nitrogen and oxygen atoms in total. The molecule has 1 aliphatic rings. The number of benzene rings is 1. The SMILES string of the molecule is CCNN1CCc2c(C(F)(F)F)nn(Cc3ccc(Cl)cc3F)c2C1. The van der Waals surface area contributed by atoms with E-state index in [1.54, 1.807) is 0 Å². The smallest absolute Gasteiger partial charge is 0.263 e. The maximum Gasteiger partial charge on any atom is 0.435 e. The number of alkyl halides is 3. The number of fused-ring (bicyclic) bond motifs is 1. The van der Waals surface area contributed by atoms with Gasteiger partial charge in [0.15, 0.2) is 5.69 Å². The number of halogens is 5. The number of aromatic nitrogens is 2. The number of nitrogens with zero attached hydrogens (tertiary/aromatic N) is 3. The predicted molar refractivity (Wildman–Crippen MR) is 85.5 cm³/mol. The average Bonchev–Trinajstić information content (AvgIpc) is 2.89. The Morgan fingerprint density at radius 1 is 1.32 bits per heavy atom. The largest absolute Gasteiger partial charge is 0.435 e. The van der Waals surface area contributed by atoms with Gasteiger partial charge in [-0.2, -0.15) is 18.3 Å². The van der Waals surface area contributed by atoms with Crippen molar-refractivity contribution < 1.29 is 17.6 Å². The summed E-state index contributed by atoms with van der Waals surface area (Å²) in [6, 6.07) is 4.11. The molecule has 0 aliphatic carbocycles. The molecule has 3 rings (SSSR count). The lowest BCUT2D eigenvalue weighted by atomic mass is 10.0. The van der Waals surface area contributed by atoms with Crippen LogP contribution in [0, 0.1) is 5.82 Å². The minimum absolute atomic E-state index is 0.0820. The lowest BCUT2D eigenvalue weighted by molar-refractivity contribution is -0.142. The summed E-state index contributed by atoms with van der Waals surface area (Å²) in [5.41, 5.74) is 3.10. The zero-order chi connectivity index (χ0) is 18.2. The quantitative estimate of drug-likeness (QED) is 0.827. The topological polar surface area (TPSA) is 33.1 Å². The van der Waals surface area contributed by atoms with Crippen molar-refractivity contribution in [2.75, 3.05) is 13.1 Å². The van der Waals surface area contributed by atoms with Crippen molar-refractivity contribution in [3.63, 3.8) is 0 Å². The molecule has 2 aromatic rings. The molecular formula is C16H17ClF4N4. The predicted octanol–water partition coefficient (Wildman–Crippen LogP) is 3.63. The number of hydrogen-bond donors (Lipinski definition) is 1. The summed E-state index contributed by atoms with van der Waals surface area (Å²) in [6.07, 6.45) is -4.30. The molecule has 0 amide bonds. The first-order valence-electron chi connectivity index (χ1n) is 7.87. The first kappa shape index (κ1) is 18.2. The van der Waals surface area contributed by atoms with Crippen molar-refractivity contribution in [2.24, 2.45) is 0 Å². The molecular weight excluding hydrogens is 360 g/mol. The van der Waals surface area contributed by atoms with Gasteiger partial charge < -0.3 is 0 Å². The monoisotopic (exact) mass is 376 g/mol. The van der Waals surface area contributed by atoms with Crippen LogP contribution in [0.5, 0.6) is 0 Å². The van der Waals surface area contributed by atoms with Crippen molar-refractivity contribution >= 4 is 11.6 Å². The van der Waals surface area contributed by atoms with Crippen molar-refractivity contribution in [2.45, 2.75) is 32.6 Å². The Morgan fingerprint density at radius 2 is 2.08 bits per heavy atom. The van der Waals surface area contributed by atoms with E-state index in [0.29, 0.717) is 18.8 Å². The normalized spacial score (nSPS) is 15.4. The fraction of sp³-hybridized carbons (Fsp3) is 0.438. The second kappa shape index (κ2) is 6.93. The van der Waals surface area contributed by atoms with Gasteiger partial charge in [0.25, 0.3) is 0 Å². The van der Waals surface area contributed by atoms with Gasteiger partial charge in [0.05, 0.1) is 18.8 Å². The van der Waals surface area contributed by atoms with E-state index in [1.807, 2.05) is 11.9 Å². The lowest BCUT2D eigenvalue weighted by Gasteiger charge is -2.28. The zero-order valence-electron chi connectivity index (χ0n) is 13.5. The van der Waals surface area contributed by atoms with Gasteiger partial charge in [-0.25, -0.2) is 9.40 Å². The first-order valence-corrected chi connectivity index (χ1v) is 8.25. The molecule has 136 valence electrons. The molecule has 0 atom stereocenters. The molecule has 2 heterocycles. The maximum absolute atomic E-state index is 14.0. The van der Waals surface area contributed by atoms with E-state index in [0.717, 1.165) is 6.07 Å². The molecule has 0 fully saturated rings. The van der Waals surface area contributed by atoms with E-state index in [2.05, 4.69) is 10.5 Å². The molecule has 1 aliphatic heterocycles. The molecule has 0 spiro atoms. The minimum atomic E-state index is -4.53. The lowest BCUT2D eigenvalue weighted by Crippen LogP contribution is -2.42. The van der Waals surface area contributed by atoms with Crippen LogP contribution in [0.1, 0.15) is 29.4 Å². The van der Waals surface area contributed by atoms with Crippen LogP contribution in [0.25, 0.3) is 0 Å². The van der Waals surface area contributed by atoms with E-state index in [-0.39, 0.29) is 35.7 Å². The Morgan fingerprint density at radius 3 is 2.72 bits per heavy atom. The molecule has 25 heavy (non-hydrogen) atoms. The highest BCUT2D eigenvalue weighted by molar-refractivity contribution is 6.30. The standard InChI is InChI=1S/C16H17ClF4N4/c1-2-22-24-6-5-12-14(9-24)25(23-15(12)16(19,20)21)8-10-3-4-11(17)7-13(10)18/h3-4,7,22H,2,5-6,8-9H2,1H3. The van der Waals surface area contributed by atoms with E-state index in [4.69, 9.17) is 11.6 Å². The molecule has 0 saturated carbocycles. The summed E-state index contributed by atoms with van der Waals surface area (Å²) in [5, 5.41) is 5.83. The van der Waals surface area contributed by atoms with E-state index < -0.39 is 17.7 Å². The van der Waals surface area contributed by atoms with E-state index in [1.165, 1.54) is 16.8 Å². The van der Waals surface area contributed by atoms with Crippen LogP contribution in [0.2, 0.25) is 5.02 Å². The number of nitrogens with one attached hydrogen (secondary N) is 1. The molecule has 1 aromatic carbocycles. The van der Waals surface area contributed by atoms with Gasteiger partial charge in [0.1, 0.15) is 5.82 Å². The van der Waals surface area contributed by atoms with Crippen LogP contribution in [-0.4, -0.2) is 27.9 Å². The summed E-state index contributed by atoms with van der Waals surface area (Å²) < 4.78 is 55.2. The third kappa shape index (κ3) is 3.80. The summed E-state index contributed by atoms with van der Waals surface area (Å²) >= 11 is 5.73. The molecule has 0 saturated heterocycles. The van der Waals surface area contributed by atoms with Gasteiger partial charge in [-0.05, 0) is 18.6 Å². The van der Waals surface area contributed by atoms with Crippen LogP contribution < -0.4 is 5.43 Å². The van der Waals surface area contributed by atoms with Crippen molar-refractivity contribution in [3.05, 3.63) is 51.6 Å². The third-order valence-corrected chi connectivity index (χ3v) is 4.36. The van der Waals surface area contributed by atoms with E-state index >= 15 is 0 Å². The Labute approximate surface area is 147 Å². The fourth-order valence-corrected chi connectivity index (χ4v) is 3.17. The summed E-state index contributed by atoms with van der Waals surface area (Å²) in [4.78, 5) is 0. The number of hydrazine groups is 1. The van der Waals surface area contributed by atoms with Crippen LogP contribution in [0.3, 0.4) is 0 Å². The number of rotatable bonds is 4. The highest BCUT2D eigenvalue weighted by Crippen LogP contribution is 2.35. The molecule has 0 unspecified atom stereocenters. The summed E-state index contributed by atoms with van der Waals surface area (Å²) in [6.45, 7) is 3.24. The molecule has 1 N–H and O–H groups in total. The average molecular weight is 377 g/mol. The highest BCUT2D eigenvalue weighted by Gasteiger charge is 2.40. The second-order valence-electron chi connectivity index (χ2n) is 5.85. The summed E-state index contributed by atoms with van der Waals surface area (Å²) in [5.74, 6) is -0.565. The van der Waals surface area contributed by atoms with Gasteiger partial charge in [0.2, 0.25) is 0 Å². The van der Waals surface area contributed by atoms with Gasteiger partial charge in [-0.3, -0.25) is 10.1 Å². The van der Waals surface area contributed by atoms with Gasteiger partial charge >= 0.3 is 6.18 Å². The Hall–Kier alpha value is -1.64. The van der Waals surface area contributed by atoms with Crippen LogP contribution in [0.4, 0.5) is 17.6 Å². The molecule has 1 aromatic heterocycles. The van der Waals surface area contributed by atoms with Crippen molar-refractivity contribution in [3.8, 4) is 0 Å². The molecule has 0 bridgehead atoms. The van der Waals surface area contributed by atoms with Crippen LogP contribution in [-0.2, 0) is 25.7 Å². The zero-order valence-corrected chi connectivity index (χ0v) is 14.3. The van der Waals surface area contributed by atoms with Gasteiger partial charge in [-0.1, -0.05) is 24.6 Å². The molecule has 0 radical (unpaired) electrons. The van der Waals surface area contributed by atoms with E-state index in [9.17, 15) is 17.6 Å². The van der Waals surface area contributed by atoms with Crippen LogP contribution >= 0.6 is 11.6 Å². The number of hydrogen-bond acceptors (Lipinski definition) is 3. The minimum Gasteiger partial charge on any atom is -0.263 e. The van der Waals surface area contributed by atoms with Gasteiger partial charge in [-0.15, -0.1) is 0 Å². The van der Waals surface area contributed by atoms with Crippen molar-refractivity contribution in [1.29, 1.82) is 0 Å². The Bertz CT molecular complexity index is 772. The maximum atomic E-state index is 14.0. The van der Waals surface area contributed by atoms with Crippen LogP contribution in [0.15, 0.2) is 18.2 Å². The second-order valence-corrected chi connectivity index (χ2v) is 6.28. The first-order chi connectivity index (χ1) is 11.8. The highest BCUT2D eigenvalue weighted by atomic mass is 35.5. The summed E-state index contributed by atoms with van der Waals surface area (Å²) in [7, 11) is 0. The fourth-order valence-electron chi connectivity index (χ4n) is 3.01. The molecule has 9 heteroatoms. The Kier molecular flexibility index (Phi) is 5.04. The van der Waals surface area contributed by atoms with Gasteiger partial charge in [0, 0.05) is 29.2 Å².